The van der Waals surface area contributed by atoms with Crippen LogP contribution in [0.5, 0.6) is 0 Å². The highest BCUT2D eigenvalue weighted by Crippen LogP contribution is 2.42. The summed E-state index contributed by atoms with van der Waals surface area (Å²) < 4.78 is 27.6. The van der Waals surface area contributed by atoms with Gasteiger partial charge in [-0.3, -0.25) is 0 Å². The van der Waals surface area contributed by atoms with Crippen molar-refractivity contribution in [3.8, 4) is 0 Å². The Labute approximate surface area is 139 Å². The summed E-state index contributed by atoms with van der Waals surface area (Å²) in [4.78, 5) is 0.398. The van der Waals surface area contributed by atoms with Crippen LogP contribution in [0.25, 0.3) is 0 Å². The second-order valence-corrected chi connectivity index (χ2v) is 9.11. The summed E-state index contributed by atoms with van der Waals surface area (Å²) in [7, 11) is -3.42. The molecule has 0 amide bonds. The van der Waals surface area contributed by atoms with Crippen LogP contribution < -0.4 is 0 Å². The zero-order valence-corrected chi connectivity index (χ0v) is 14.9. The molecule has 0 N–H and O–H groups in total. The van der Waals surface area contributed by atoms with Crippen molar-refractivity contribution in [3.05, 3.63) is 53.6 Å². The van der Waals surface area contributed by atoms with E-state index in [1.807, 2.05) is 19.1 Å². The molecule has 0 unspecified atom stereocenters. The molecule has 3 rings (SSSR count). The van der Waals surface area contributed by atoms with Gasteiger partial charge in [0.05, 0.1) is 4.90 Å². The Morgan fingerprint density at radius 2 is 1.87 bits per heavy atom. The van der Waals surface area contributed by atoms with Gasteiger partial charge in [-0.1, -0.05) is 48.4 Å². The Balaban J connectivity index is 1.92. The number of hydrogen-bond donors (Lipinski definition) is 0. The van der Waals surface area contributed by atoms with Crippen molar-refractivity contribution in [1.29, 1.82) is 0 Å². The Morgan fingerprint density at radius 3 is 2.57 bits per heavy atom. The van der Waals surface area contributed by atoms with Crippen molar-refractivity contribution < 1.29 is 8.42 Å². The number of aryl methyl sites for hydroxylation is 1. The van der Waals surface area contributed by atoms with Crippen molar-refractivity contribution in [2.45, 2.75) is 38.5 Å². The van der Waals surface area contributed by atoms with E-state index in [1.54, 1.807) is 16.4 Å². The third-order valence-electron chi connectivity index (χ3n) is 5.10. The summed E-state index contributed by atoms with van der Waals surface area (Å²) in [5.41, 5.74) is 2.27. The molecule has 0 radical (unpaired) electrons. The first kappa shape index (κ1) is 16.5. The van der Waals surface area contributed by atoms with Crippen LogP contribution in [0.15, 0.2) is 53.0 Å². The molecule has 2 aliphatic rings. The van der Waals surface area contributed by atoms with Crippen LogP contribution in [0.2, 0.25) is 0 Å². The maximum atomic E-state index is 13.0. The maximum Gasteiger partial charge on any atom is 0.243 e. The molecule has 1 aromatic rings. The van der Waals surface area contributed by atoms with Crippen LogP contribution in [0, 0.1) is 18.3 Å². The van der Waals surface area contributed by atoms with Crippen molar-refractivity contribution in [1.82, 2.24) is 4.31 Å². The molecule has 124 valence electrons. The van der Waals surface area contributed by atoms with Gasteiger partial charge in [-0.25, -0.2) is 8.42 Å². The van der Waals surface area contributed by atoms with Crippen molar-refractivity contribution in [2.75, 3.05) is 13.1 Å². The lowest BCUT2D eigenvalue weighted by Gasteiger charge is -2.43. The van der Waals surface area contributed by atoms with Crippen LogP contribution >= 0.6 is 0 Å². The molecule has 3 nitrogen and oxygen atoms in total. The minimum atomic E-state index is -3.42. The number of fused-ring (bicyclic) bond motifs is 1. The van der Waals surface area contributed by atoms with Gasteiger partial charge >= 0.3 is 0 Å². The second kappa shape index (κ2) is 5.91. The van der Waals surface area contributed by atoms with Crippen LogP contribution in [0.1, 0.15) is 32.3 Å². The SMILES string of the molecule is CC1=C[C@@]2(C)CN(S(=O)(=O)c3ccc(C)cc3)CC[C@@H]2C=CC1. The predicted octanol–water partition coefficient (Wildman–Crippen LogP) is 3.92. The van der Waals surface area contributed by atoms with Gasteiger partial charge in [-0.15, -0.1) is 0 Å². The summed E-state index contributed by atoms with van der Waals surface area (Å²) in [5, 5.41) is 0. The van der Waals surface area contributed by atoms with Crippen LogP contribution in [0.3, 0.4) is 0 Å². The Hall–Kier alpha value is -1.39. The normalized spacial score (nSPS) is 28.8. The molecule has 1 aromatic carbocycles. The molecule has 1 aliphatic carbocycles. The summed E-state index contributed by atoms with van der Waals surface area (Å²) >= 11 is 0. The number of sulfonamides is 1. The summed E-state index contributed by atoms with van der Waals surface area (Å²) in [6.07, 6.45) is 8.64. The largest absolute Gasteiger partial charge is 0.243 e. The summed E-state index contributed by atoms with van der Waals surface area (Å²) in [6.45, 7) is 7.43. The lowest BCUT2D eigenvalue weighted by atomic mass is 9.73. The topological polar surface area (TPSA) is 37.4 Å². The number of nitrogens with zero attached hydrogens (tertiary/aromatic N) is 1. The molecule has 1 fully saturated rings. The number of benzene rings is 1. The van der Waals surface area contributed by atoms with E-state index in [0.717, 1.165) is 18.4 Å². The summed E-state index contributed by atoms with van der Waals surface area (Å²) in [5.74, 6) is 0.421. The molecule has 1 heterocycles. The number of rotatable bonds is 2. The van der Waals surface area contributed by atoms with E-state index in [9.17, 15) is 8.42 Å². The third-order valence-corrected chi connectivity index (χ3v) is 6.96. The van der Waals surface area contributed by atoms with Crippen molar-refractivity contribution >= 4 is 10.0 Å². The lowest BCUT2D eigenvalue weighted by molar-refractivity contribution is 0.164. The van der Waals surface area contributed by atoms with E-state index >= 15 is 0 Å². The molecule has 0 spiro atoms. The first-order valence-electron chi connectivity index (χ1n) is 8.23. The van der Waals surface area contributed by atoms with E-state index in [2.05, 4.69) is 32.1 Å². The molecule has 1 saturated heterocycles. The fourth-order valence-electron chi connectivity index (χ4n) is 3.76. The summed E-state index contributed by atoms with van der Waals surface area (Å²) in [6, 6.07) is 7.15. The van der Waals surface area contributed by atoms with Gasteiger partial charge in [0.1, 0.15) is 0 Å². The average molecular weight is 331 g/mol. The van der Waals surface area contributed by atoms with E-state index in [0.29, 0.717) is 23.9 Å². The fraction of sp³-hybridized carbons (Fsp3) is 0.474. The molecule has 0 bridgehead atoms. The highest BCUT2D eigenvalue weighted by molar-refractivity contribution is 7.89. The first-order chi connectivity index (χ1) is 10.8. The molecular formula is C19H25NO2S. The number of piperidine rings is 1. The zero-order valence-electron chi connectivity index (χ0n) is 14.1. The molecule has 2 atom stereocenters. The van der Waals surface area contributed by atoms with E-state index in [1.165, 1.54) is 5.57 Å². The third kappa shape index (κ3) is 3.15. The molecule has 1 aliphatic heterocycles. The lowest BCUT2D eigenvalue weighted by Crippen LogP contribution is -2.48. The van der Waals surface area contributed by atoms with Crippen molar-refractivity contribution in [2.24, 2.45) is 11.3 Å². The Morgan fingerprint density at radius 1 is 1.17 bits per heavy atom. The van der Waals surface area contributed by atoms with Crippen molar-refractivity contribution in [3.63, 3.8) is 0 Å². The predicted molar refractivity (Wildman–Crippen MR) is 93.7 cm³/mol. The van der Waals surface area contributed by atoms with Crippen LogP contribution in [-0.2, 0) is 10.0 Å². The van der Waals surface area contributed by atoms with Gasteiger partial charge in [0.2, 0.25) is 10.0 Å². The van der Waals surface area contributed by atoms with Crippen LogP contribution in [-0.4, -0.2) is 25.8 Å². The molecule has 0 aromatic heterocycles. The van der Waals surface area contributed by atoms with Gasteiger partial charge in [-0.2, -0.15) is 4.31 Å². The molecule has 0 saturated carbocycles. The quantitative estimate of drug-likeness (QED) is 0.770. The van der Waals surface area contributed by atoms with Gasteiger partial charge in [0.15, 0.2) is 0 Å². The van der Waals surface area contributed by atoms with Crippen LogP contribution in [0.4, 0.5) is 0 Å². The standard InChI is InChI=1S/C19H25NO2S/c1-15-7-9-18(10-8-15)23(21,22)20-12-11-17-6-4-5-16(2)13-19(17,3)14-20/h4,6-10,13,17H,5,11-12,14H2,1-3H3/t17-,19-/m0/s1. The minimum Gasteiger partial charge on any atom is -0.207 e. The van der Waals surface area contributed by atoms with E-state index < -0.39 is 10.0 Å². The minimum absolute atomic E-state index is 0.118. The molecular weight excluding hydrogens is 306 g/mol. The highest BCUT2D eigenvalue weighted by atomic mass is 32.2. The maximum absolute atomic E-state index is 13.0. The second-order valence-electron chi connectivity index (χ2n) is 7.18. The smallest absolute Gasteiger partial charge is 0.207 e. The number of hydrogen-bond acceptors (Lipinski definition) is 2. The Bertz CT molecular complexity index is 746. The fourth-order valence-corrected chi connectivity index (χ4v) is 5.33. The van der Waals surface area contributed by atoms with Gasteiger partial charge in [0, 0.05) is 18.5 Å². The van der Waals surface area contributed by atoms with E-state index in [4.69, 9.17) is 0 Å². The van der Waals surface area contributed by atoms with Gasteiger partial charge in [-0.05, 0) is 44.7 Å². The Kier molecular flexibility index (Phi) is 4.23. The molecule has 4 heteroatoms. The number of allylic oxidation sites excluding steroid dienone is 3. The molecule has 23 heavy (non-hydrogen) atoms. The average Bonchev–Trinajstić information content (AvgIpc) is 2.63. The first-order valence-corrected chi connectivity index (χ1v) is 9.67. The monoisotopic (exact) mass is 331 g/mol. The van der Waals surface area contributed by atoms with Gasteiger partial charge < -0.3 is 0 Å². The van der Waals surface area contributed by atoms with Gasteiger partial charge in [0.25, 0.3) is 0 Å². The highest BCUT2D eigenvalue weighted by Gasteiger charge is 2.41. The zero-order chi connectivity index (χ0) is 16.7. The van der Waals surface area contributed by atoms with E-state index in [-0.39, 0.29) is 5.41 Å².